The molecule has 3 aromatic heterocycles. The zero-order valence-corrected chi connectivity index (χ0v) is 11.2. The van der Waals surface area contributed by atoms with Gasteiger partial charge in [0.05, 0.1) is 16.9 Å². The zero-order valence-electron chi connectivity index (χ0n) is 11.2. The number of hydrogen-bond acceptors (Lipinski definition) is 3. The van der Waals surface area contributed by atoms with Gasteiger partial charge in [-0.3, -0.25) is 9.97 Å². The largest absolute Gasteiger partial charge is 0.256 e. The first kappa shape index (κ1) is 11.8. The molecule has 21 heavy (non-hydrogen) atoms. The third kappa shape index (κ3) is 2.07. The monoisotopic (exact) mass is 272 g/mol. The zero-order chi connectivity index (χ0) is 14.1. The van der Waals surface area contributed by atoms with Crippen LogP contribution in [0.25, 0.3) is 27.8 Å². The van der Waals surface area contributed by atoms with E-state index in [0.29, 0.717) is 0 Å². The van der Waals surface area contributed by atoms with Gasteiger partial charge in [-0.2, -0.15) is 5.10 Å². The van der Waals surface area contributed by atoms with Crippen molar-refractivity contribution in [3.05, 3.63) is 73.3 Å². The van der Waals surface area contributed by atoms with E-state index in [-0.39, 0.29) is 0 Å². The first-order valence-electron chi connectivity index (χ1n) is 6.72. The molecule has 0 aliphatic rings. The summed E-state index contributed by atoms with van der Waals surface area (Å²) < 4.78 is 1.84. The Hall–Kier alpha value is -3.01. The van der Waals surface area contributed by atoms with Crippen LogP contribution in [0.1, 0.15) is 0 Å². The van der Waals surface area contributed by atoms with Crippen molar-refractivity contribution in [1.82, 2.24) is 19.7 Å². The minimum absolute atomic E-state index is 0.951. The van der Waals surface area contributed by atoms with E-state index in [4.69, 9.17) is 0 Å². The topological polar surface area (TPSA) is 43.6 Å². The number of hydrogen-bond donors (Lipinski definition) is 0. The van der Waals surface area contributed by atoms with Gasteiger partial charge >= 0.3 is 0 Å². The van der Waals surface area contributed by atoms with Gasteiger partial charge in [-0.15, -0.1) is 0 Å². The average Bonchev–Trinajstić information content (AvgIpc) is 3.09. The summed E-state index contributed by atoms with van der Waals surface area (Å²) in [6.07, 6.45) is 7.29. The maximum absolute atomic E-state index is 4.51. The lowest BCUT2D eigenvalue weighted by Gasteiger charge is -2.06. The summed E-state index contributed by atoms with van der Waals surface area (Å²) in [5.74, 6) is 0. The maximum atomic E-state index is 4.51. The standard InChI is InChI=1S/C17H12N4/c1-3-15-16(18-9-1)8-11-19-17(15)13-4-6-14(7-5-13)21-12-2-10-20-21/h1-12H. The van der Waals surface area contributed by atoms with E-state index in [9.17, 15) is 0 Å². The molecule has 0 amide bonds. The summed E-state index contributed by atoms with van der Waals surface area (Å²) in [5.41, 5.74) is 4.01. The van der Waals surface area contributed by atoms with Crippen molar-refractivity contribution in [2.45, 2.75) is 0 Å². The van der Waals surface area contributed by atoms with Crippen molar-refractivity contribution < 1.29 is 0 Å². The second kappa shape index (κ2) is 4.83. The Balaban J connectivity index is 1.82. The molecule has 0 N–H and O–H groups in total. The van der Waals surface area contributed by atoms with E-state index in [1.165, 1.54) is 0 Å². The van der Waals surface area contributed by atoms with Crippen LogP contribution in [0.5, 0.6) is 0 Å². The van der Waals surface area contributed by atoms with Gasteiger partial charge in [0.1, 0.15) is 0 Å². The van der Waals surface area contributed by atoms with Crippen molar-refractivity contribution >= 4 is 10.9 Å². The smallest absolute Gasteiger partial charge is 0.0795 e. The molecular formula is C17H12N4. The minimum atomic E-state index is 0.951. The molecule has 4 heteroatoms. The molecule has 0 bridgehead atoms. The predicted molar refractivity (Wildman–Crippen MR) is 82.1 cm³/mol. The molecule has 0 fully saturated rings. The van der Waals surface area contributed by atoms with Gasteiger partial charge < -0.3 is 0 Å². The van der Waals surface area contributed by atoms with Crippen LogP contribution in [0.2, 0.25) is 0 Å². The Morgan fingerprint density at radius 3 is 2.48 bits per heavy atom. The quantitative estimate of drug-likeness (QED) is 0.561. The van der Waals surface area contributed by atoms with Crippen LogP contribution < -0.4 is 0 Å². The molecule has 4 aromatic rings. The second-order valence-electron chi connectivity index (χ2n) is 4.73. The van der Waals surface area contributed by atoms with Crippen LogP contribution in [-0.4, -0.2) is 19.7 Å². The molecule has 0 saturated carbocycles. The van der Waals surface area contributed by atoms with Gasteiger partial charge in [-0.25, -0.2) is 4.68 Å². The van der Waals surface area contributed by atoms with Crippen molar-refractivity contribution in [2.24, 2.45) is 0 Å². The number of nitrogens with zero attached hydrogens (tertiary/aromatic N) is 4. The first-order chi connectivity index (χ1) is 10.4. The highest BCUT2D eigenvalue weighted by atomic mass is 15.3. The summed E-state index contributed by atoms with van der Waals surface area (Å²) in [5, 5.41) is 5.29. The number of fused-ring (bicyclic) bond motifs is 1. The van der Waals surface area contributed by atoms with Crippen LogP contribution in [-0.2, 0) is 0 Å². The van der Waals surface area contributed by atoms with E-state index < -0.39 is 0 Å². The van der Waals surface area contributed by atoms with Crippen LogP contribution in [0, 0.1) is 0 Å². The van der Waals surface area contributed by atoms with Gasteiger partial charge in [-0.05, 0) is 36.4 Å². The summed E-state index contributed by atoms with van der Waals surface area (Å²) in [4.78, 5) is 8.88. The molecule has 0 aliphatic carbocycles. The normalized spacial score (nSPS) is 10.9. The molecule has 0 radical (unpaired) electrons. The Morgan fingerprint density at radius 1 is 0.762 bits per heavy atom. The Bertz CT molecular complexity index is 875. The SMILES string of the molecule is c1cnc2ccnc(-c3ccc(-n4cccn4)cc3)c2c1. The highest BCUT2D eigenvalue weighted by Gasteiger charge is 2.06. The molecule has 0 spiro atoms. The van der Waals surface area contributed by atoms with Crippen LogP contribution in [0.15, 0.2) is 73.3 Å². The van der Waals surface area contributed by atoms with Crippen molar-refractivity contribution in [3.8, 4) is 16.9 Å². The van der Waals surface area contributed by atoms with Gasteiger partial charge in [0.15, 0.2) is 0 Å². The van der Waals surface area contributed by atoms with Gasteiger partial charge in [0, 0.05) is 35.7 Å². The second-order valence-corrected chi connectivity index (χ2v) is 4.73. The summed E-state index contributed by atoms with van der Waals surface area (Å²) >= 11 is 0. The van der Waals surface area contributed by atoms with Crippen molar-refractivity contribution in [2.75, 3.05) is 0 Å². The van der Waals surface area contributed by atoms with Crippen LogP contribution >= 0.6 is 0 Å². The highest BCUT2D eigenvalue weighted by molar-refractivity contribution is 5.92. The predicted octanol–water partition coefficient (Wildman–Crippen LogP) is 3.48. The molecule has 0 unspecified atom stereocenters. The molecule has 3 heterocycles. The molecule has 0 aliphatic heterocycles. The van der Waals surface area contributed by atoms with Crippen molar-refractivity contribution in [1.29, 1.82) is 0 Å². The maximum Gasteiger partial charge on any atom is 0.0795 e. The number of aromatic nitrogens is 4. The molecule has 0 atom stereocenters. The third-order valence-electron chi connectivity index (χ3n) is 3.44. The Kier molecular flexibility index (Phi) is 2.71. The third-order valence-corrected chi connectivity index (χ3v) is 3.44. The van der Waals surface area contributed by atoms with Gasteiger partial charge in [0.25, 0.3) is 0 Å². The van der Waals surface area contributed by atoms with Gasteiger partial charge in [-0.1, -0.05) is 12.1 Å². The number of benzene rings is 1. The van der Waals surface area contributed by atoms with Crippen LogP contribution in [0.3, 0.4) is 0 Å². The van der Waals surface area contributed by atoms with E-state index in [1.54, 1.807) is 18.6 Å². The fourth-order valence-corrected chi connectivity index (χ4v) is 2.43. The summed E-state index contributed by atoms with van der Waals surface area (Å²) in [6, 6.07) is 16.0. The fraction of sp³-hybridized carbons (Fsp3) is 0. The first-order valence-corrected chi connectivity index (χ1v) is 6.72. The molecule has 0 saturated heterocycles. The number of rotatable bonds is 2. The highest BCUT2D eigenvalue weighted by Crippen LogP contribution is 2.25. The Morgan fingerprint density at radius 2 is 1.67 bits per heavy atom. The number of pyridine rings is 2. The minimum Gasteiger partial charge on any atom is -0.256 e. The molecule has 1 aromatic carbocycles. The Labute approximate surface area is 121 Å². The molecule has 100 valence electrons. The molecule has 4 nitrogen and oxygen atoms in total. The summed E-state index contributed by atoms with van der Waals surface area (Å²) in [6.45, 7) is 0. The van der Waals surface area contributed by atoms with E-state index in [0.717, 1.165) is 27.8 Å². The van der Waals surface area contributed by atoms with Crippen LogP contribution in [0.4, 0.5) is 0 Å². The van der Waals surface area contributed by atoms with Gasteiger partial charge in [0.2, 0.25) is 0 Å². The lowest BCUT2D eigenvalue weighted by Crippen LogP contribution is -1.94. The molecule has 4 rings (SSSR count). The average molecular weight is 272 g/mol. The lowest BCUT2D eigenvalue weighted by atomic mass is 10.1. The van der Waals surface area contributed by atoms with Crippen molar-refractivity contribution in [3.63, 3.8) is 0 Å². The van der Waals surface area contributed by atoms with E-state index >= 15 is 0 Å². The molecular weight excluding hydrogens is 260 g/mol. The lowest BCUT2D eigenvalue weighted by molar-refractivity contribution is 0.881. The van der Waals surface area contributed by atoms with E-state index in [1.807, 2.05) is 47.3 Å². The fourth-order valence-electron chi connectivity index (χ4n) is 2.43. The van der Waals surface area contributed by atoms with E-state index in [2.05, 4.69) is 27.2 Å². The summed E-state index contributed by atoms with van der Waals surface area (Å²) in [7, 11) is 0.